The molecule has 7 aliphatic heterocycles. The second-order valence-corrected chi connectivity index (χ2v) is 39.6. The van der Waals surface area contributed by atoms with Gasteiger partial charge >= 0.3 is 0 Å². The van der Waals surface area contributed by atoms with Gasteiger partial charge in [-0.2, -0.15) is 20.4 Å². The van der Waals surface area contributed by atoms with E-state index in [0.29, 0.717) is 70.0 Å². The zero-order valence-corrected chi connectivity index (χ0v) is 83.9. The van der Waals surface area contributed by atoms with Crippen LogP contribution in [-0.2, 0) is 30.9 Å². The number of piperazine rings is 1. The summed E-state index contributed by atoms with van der Waals surface area (Å²) in [5.74, 6) is 1.31. The number of carbonyl (C=O) groups is 4. The van der Waals surface area contributed by atoms with Gasteiger partial charge in [0.15, 0.2) is 22.8 Å². The molecule has 24 rings (SSSR count). The molecule has 149 heavy (non-hydrogen) atoms. The van der Waals surface area contributed by atoms with Crippen LogP contribution < -0.4 is 36.0 Å². The molecule has 0 bridgehead atoms. The van der Waals surface area contributed by atoms with Gasteiger partial charge in [-0.15, -0.1) is 0 Å². The summed E-state index contributed by atoms with van der Waals surface area (Å²) in [6.07, 6.45) is 39.8. The maximum atomic E-state index is 13.5. The van der Waals surface area contributed by atoms with Gasteiger partial charge in [-0.1, -0.05) is 62.1 Å². The van der Waals surface area contributed by atoms with E-state index in [-0.39, 0.29) is 29.4 Å². The van der Waals surface area contributed by atoms with Crippen molar-refractivity contribution in [3.05, 3.63) is 295 Å². The Morgan fingerprint density at radius 2 is 0.591 bits per heavy atom. The molecule has 8 N–H and O–H groups in total. The minimum Gasteiger partial charge on any atom is -0.378 e. The summed E-state index contributed by atoms with van der Waals surface area (Å²) >= 11 is 0. The highest BCUT2D eigenvalue weighted by Crippen LogP contribution is 2.36. The van der Waals surface area contributed by atoms with Crippen LogP contribution in [0.4, 0.5) is 44.6 Å². The van der Waals surface area contributed by atoms with Gasteiger partial charge in [-0.25, -0.2) is 19.3 Å². The Balaban J connectivity index is 0.000000116. The lowest BCUT2D eigenvalue weighted by Crippen LogP contribution is -2.44. The highest BCUT2D eigenvalue weighted by atomic mass is 19.1. The topological polar surface area (TPSA) is 369 Å². The third-order valence-corrected chi connectivity index (χ3v) is 28.8. The maximum Gasteiger partial charge on any atom is 0.276 e. The van der Waals surface area contributed by atoms with Gasteiger partial charge < -0.3 is 45.6 Å². The first-order valence-corrected chi connectivity index (χ1v) is 52.2. The summed E-state index contributed by atoms with van der Waals surface area (Å²) in [5.41, 5.74) is 21.3. The third-order valence-electron chi connectivity index (χ3n) is 28.8. The van der Waals surface area contributed by atoms with Gasteiger partial charge in [0, 0.05) is 177 Å². The molecule has 0 saturated carbocycles. The molecule has 19 heterocycles. The fraction of sp³-hybridized carbons (Fsp3) is 0.322. The Labute approximate surface area is 863 Å². The lowest BCUT2D eigenvalue weighted by atomic mass is 10.0. The highest BCUT2D eigenvalue weighted by molar-refractivity contribution is 6.15. The molecule has 12 aromatic heterocycles. The minimum absolute atomic E-state index is 0.258. The number of rotatable bonds is 24. The third kappa shape index (κ3) is 25.0. The monoisotopic (exact) mass is 2000 g/mol. The average Bonchev–Trinajstić information content (AvgIpc) is 1.67. The zero-order chi connectivity index (χ0) is 101. The number of nitrogens with zero attached hydrogens (tertiary/aromatic N) is 20. The van der Waals surface area contributed by atoms with Crippen molar-refractivity contribution in [3.63, 3.8) is 0 Å². The molecule has 33 nitrogen and oxygen atoms in total. The Morgan fingerprint density at radius 3 is 0.893 bits per heavy atom. The van der Waals surface area contributed by atoms with Crippen molar-refractivity contribution in [1.82, 2.24) is 105 Å². The smallest absolute Gasteiger partial charge is 0.276 e. The van der Waals surface area contributed by atoms with E-state index >= 15 is 0 Å². The van der Waals surface area contributed by atoms with Crippen LogP contribution in [0.5, 0.6) is 0 Å². The van der Waals surface area contributed by atoms with E-state index in [0.717, 1.165) is 236 Å². The van der Waals surface area contributed by atoms with E-state index in [1.54, 1.807) is 49.1 Å². The second-order valence-electron chi connectivity index (χ2n) is 39.6. The quantitative estimate of drug-likeness (QED) is 0.0278. The molecule has 4 amide bonds. The van der Waals surface area contributed by atoms with E-state index in [4.69, 9.17) is 4.74 Å². The standard InChI is InChI=1S/C30H27FN6O.C29H34N8O.C28H31N7O2.C28H31N7O/c31-24-6-4-5-22(14-24)27-10-8-25(18-33-27)34-30(38)29-26-15-21(7-9-28(26)35-36-29)23-13-20(16-32-17-23)19-37-11-2-1-3-12-37;1-35-11-13-37(14-12-35)27-8-6-24(19-31-27)32-29(38)28-25-16-22(5-7-26(25)33-34-28)23-15-21(17-30-18-23)20-36-9-3-2-4-10-36;36-28(31-23-5-7-26(30-18-23)35-10-12-37-13-11-35)27-24-15-21(4-6-25(24)32-33-27)22-14-20(16-29-17-22)19-34-8-2-1-3-9-34;36-28(31-23-7-9-26(30-18-23)35-12-4-5-13-35)27-24-15-21(6-8-25(24)32-33-27)22-14-20(16-29-17-22)19-34-10-2-1-3-11-34/h4-10,13-18H,1-3,11-12,19H2,(H,34,38)(H,35,36);5-8,15-19H,2-4,9-14,20H2,1H3,(H,32,38)(H,33,34);4-7,14-18H,1-3,8-13,19H2,(H,31,36)(H,32,33);6-9,14-18H,1-5,10-13,19H2,(H,31,36)(H,32,33). The molecule has 5 aromatic carbocycles. The summed E-state index contributed by atoms with van der Waals surface area (Å²) in [5, 5.41) is 43.9. The van der Waals surface area contributed by atoms with Crippen molar-refractivity contribution >= 4 is 107 Å². The molecular formula is C115H123FN28O5. The van der Waals surface area contributed by atoms with Crippen molar-refractivity contribution in [1.29, 1.82) is 0 Å². The first-order valence-electron chi connectivity index (χ1n) is 52.2. The molecule has 760 valence electrons. The minimum atomic E-state index is -0.342. The number of pyridine rings is 8. The van der Waals surface area contributed by atoms with E-state index in [2.05, 4.69) is 172 Å². The molecule has 7 saturated heterocycles. The van der Waals surface area contributed by atoms with Crippen LogP contribution in [0.25, 0.3) is 99.4 Å². The molecule has 7 aliphatic rings. The van der Waals surface area contributed by atoms with Crippen molar-refractivity contribution in [3.8, 4) is 55.8 Å². The van der Waals surface area contributed by atoms with Crippen LogP contribution in [0.1, 0.15) is 154 Å². The molecule has 0 radical (unpaired) electrons. The normalized spacial score (nSPS) is 16.1. The van der Waals surface area contributed by atoms with Crippen molar-refractivity contribution in [2.24, 2.45) is 0 Å². The predicted molar refractivity (Wildman–Crippen MR) is 582 cm³/mol. The summed E-state index contributed by atoms with van der Waals surface area (Å²) in [7, 11) is 2.13. The first kappa shape index (κ1) is 99.1. The summed E-state index contributed by atoms with van der Waals surface area (Å²) < 4.78 is 18.9. The van der Waals surface area contributed by atoms with Crippen LogP contribution in [0.2, 0.25) is 0 Å². The van der Waals surface area contributed by atoms with E-state index in [1.807, 2.05) is 159 Å². The number of ether oxygens (including phenoxy) is 1. The zero-order valence-electron chi connectivity index (χ0n) is 83.9. The van der Waals surface area contributed by atoms with E-state index in [9.17, 15) is 23.6 Å². The number of hydrogen-bond donors (Lipinski definition) is 8. The van der Waals surface area contributed by atoms with Gasteiger partial charge in [0.1, 0.15) is 23.3 Å². The Kier molecular flexibility index (Phi) is 31.5. The van der Waals surface area contributed by atoms with Gasteiger partial charge in [-0.3, -0.25) is 84.1 Å². The van der Waals surface area contributed by atoms with Gasteiger partial charge in [0.2, 0.25) is 0 Å². The SMILES string of the molecule is CN1CCN(c2ccc(NC(=O)c3n[nH]c4ccc(-c5cncc(CN6CCCCC6)c5)cc34)cn2)CC1.O=C(Nc1ccc(-c2cccc(F)c2)nc1)c1n[nH]c2ccc(-c3cncc(CN4CCCCC4)c3)cc12.O=C(Nc1ccc(N2CCCC2)nc1)c1n[nH]c2ccc(-c3cncc(CN4CCCCC4)c3)cc12.O=C(Nc1ccc(N2CCOCC2)nc1)c1n[nH]c2ccc(-c3cncc(CN4CCCCC4)c3)cc12. The number of morpholine rings is 1. The van der Waals surface area contributed by atoms with Crippen molar-refractivity contribution in [2.45, 2.75) is 116 Å². The predicted octanol–water partition coefficient (Wildman–Crippen LogP) is 19.0. The molecule has 17 aromatic rings. The molecule has 34 heteroatoms. The van der Waals surface area contributed by atoms with Crippen LogP contribution in [0.15, 0.2) is 244 Å². The fourth-order valence-electron chi connectivity index (χ4n) is 20.7. The molecule has 0 aliphatic carbocycles. The molecule has 0 spiro atoms. The molecule has 0 atom stereocenters. The molecule has 7 fully saturated rings. The number of hydrogen-bond acceptors (Lipinski definition) is 25. The Morgan fingerprint density at radius 1 is 0.289 bits per heavy atom. The average molecular weight is 2000 g/mol. The van der Waals surface area contributed by atoms with E-state index in [1.165, 1.54) is 124 Å². The van der Waals surface area contributed by atoms with Gasteiger partial charge in [0.25, 0.3) is 23.6 Å². The number of nitrogens with one attached hydrogen (secondary N) is 8. The number of piperidine rings is 4. The number of aromatic nitrogens is 16. The Bertz CT molecular complexity index is 7480. The highest BCUT2D eigenvalue weighted by Gasteiger charge is 2.27. The summed E-state index contributed by atoms with van der Waals surface area (Å²) in [6, 6.07) is 54.0. The number of aromatic amines is 4. The number of benzene rings is 5. The number of halogens is 1. The van der Waals surface area contributed by atoms with Crippen molar-refractivity contribution < 1.29 is 28.3 Å². The largest absolute Gasteiger partial charge is 0.378 e. The van der Waals surface area contributed by atoms with Crippen LogP contribution in [-0.4, -0.2) is 254 Å². The lowest BCUT2D eigenvalue weighted by Gasteiger charge is -2.33. The lowest BCUT2D eigenvalue weighted by molar-refractivity contribution is 0.101. The van der Waals surface area contributed by atoms with Gasteiger partial charge in [-0.05, 0) is 302 Å². The number of anilines is 7. The Hall–Kier alpha value is -15.9. The van der Waals surface area contributed by atoms with Crippen LogP contribution >= 0.6 is 0 Å². The van der Waals surface area contributed by atoms with Crippen LogP contribution in [0, 0.1) is 5.82 Å². The number of H-pyrrole nitrogens is 4. The molecular weight excluding hydrogens is 1870 g/mol. The summed E-state index contributed by atoms with van der Waals surface area (Å²) in [4.78, 5) is 108. The fourth-order valence-corrected chi connectivity index (χ4v) is 20.7. The molecule has 0 unspecified atom stereocenters. The summed E-state index contributed by atoms with van der Waals surface area (Å²) in [6.45, 7) is 21.9. The van der Waals surface area contributed by atoms with E-state index < -0.39 is 0 Å². The number of amides is 4. The number of likely N-dealkylation sites (N-methyl/N-ethyl adjacent to an activating group) is 1. The number of fused-ring (bicyclic) bond motifs is 4. The van der Waals surface area contributed by atoms with Gasteiger partial charge in [0.05, 0.1) is 88.5 Å². The van der Waals surface area contributed by atoms with Crippen molar-refractivity contribution in [2.75, 3.05) is 161 Å². The van der Waals surface area contributed by atoms with Crippen LogP contribution in [0.3, 0.4) is 0 Å². The number of carbonyl (C=O) groups excluding carboxylic acids is 4. The maximum absolute atomic E-state index is 13.5. The number of likely N-dealkylation sites (tertiary alicyclic amines) is 4. The first-order chi connectivity index (χ1) is 73.2. The second kappa shape index (κ2) is 47.3.